The number of hydrogen-bond donors (Lipinski definition) is 0. The predicted octanol–water partition coefficient (Wildman–Crippen LogP) is 3.88. The fraction of sp³-hybridized carbons (Fsp3) is 0.240. The molecule has 0 radical (unpaired) electrons. The quantitative estimate of drug-likeness (QED) is 0.473. The van der Waals surface area contributed by atoms with Gasteiger partial charge in [-0.3, -0.25) is 9.36 Å². The number of methoxy groups -OCH3 is 1. The Balaban J connectivity index is 1.94. The number of carbonyl (C=O) groups excluding carboxylic acids is 1. The smallest absolute Gasteiger partial charge is 0.338 e. The summed E-state index contributed by atoms with van der Waals surface area (Å²) in [6.45, 7) is 5.77. The summed E-state index contributed by atoms with van der Waals surface area (Å²) in [6, 6.07) is 12.6. The van der Waals surface area contributed by atoms with Gasteiger partial charge in [0.15, 0.2) is 4.80 Å². The summed E-state index contributed by atoms with van der Waals surface area (Å²) in [5.41, 5.74) is 3.49. The molecular weight excluding hydrogens is 504 g/mol. The van der Waals surface area contributed by atoms with Gasteiger partial charge in [0, 0.05) is 4.47 Å². The van der Waals surface area contributed by atoms with Gasteiger partial charge in [-0.05, 0) is 61.7 Å². The summed E-state index contributed by atoms with van der Waals surface area (Å²) in [5.74, 6) is 0.214. The van der Waals surface area contributed by atoms with Crippen LogP contribution in [0.2, 0.25) is 0 Å². The van der Waals surface area contributed by atoms with Gasteiger partial charge < -0.3 is 9.47 Å². The number of halogens is 1. The molecule has 0 saturated carbocycles. The van der Waals surface area contributed by atoms with Crippen LogP contribution >= 0.6 is 27.3 Å². The number of hydrogen-bond acceptors (Lipinski definition) is 6. The molecule has 4 rings (SSSR count). The molecule has 8 heteroatoms. The first-order valence-electron chi connectivity index (χ1n) is 10.4. The van der Waals surface area contributed by atoms with Crippen molar-refractivity contribution in [3.8, 4) is 5.75 Å². The lowest BCUT2D eigenvalue weighted by molar-refractivity contribution is -0.139. The third-order valence-corrected chi connectivity index (χ3v) is 7.28. The Labute approximate surface area is 203 Å². The number of carbonyl (C=O) groups is 1. The highest BCUT2D eigenvalue weighted by atomic mass is 79.9. The van der Waals surface area contributed by atoms with E-state index in [0.717, 1.165) is 21.2 Å². The van der Waals surface area contributed by atoms with Crippen molar-refractivity contribution in [3.63, 3.8) is 0 Å². The van der Waals surface area contributed by atoms with Crippen LogP contribution in [0.15, 0.2) is 68.0 Å². The van der Waals surface area contributed by atoms with E-state index in [1.807, 2.05) is 55.5 Å². The van der Waals surface area contributed by atoms with Crippen LogP contribution in [0.25, 0.3) is 6.08 Å². The number of aryl methyl sites for hydroxylation is 1. The number of ether oxygens (including phenoxy) is 2. The molecule has 2 aromatic carbocycles. The monoisotopic (exact) mass is 526 g/mol. The van der Waals surface area contributed by atoms with Gasteiger partial charge in [0.1, 0.15) is 5.75 Å². The molecule has 33 heavy (non-hydrogen) atoms. The molecule has 1 aliphatic rings. The van der Waals surface area contributed by atoms with Gasteiger partial charge in [-0.15, -0.1) is 0 Å². The second-order valence-electron chi connectivity index (χ2n) is 7.58. The average Bonchev–Trinajstić information content (AvgIpc) is 3.10. The van der Waals surface area contributed by atoms with Crippen LogP contribution in [0.1, 0.15) is 36.6 Å². The van der Waals surface area contributed by atoms with Crippen molar-refractivity contribution in [2.75, 3.05) is 13.7 Å². The van der Waals surface area contributed by atoms with Crippen LogP contribution in [-0.4, -0.2) is 24.3 Å². The lowest BCUT2D eigenvalue weighted by atomic mass is 9.96. The van der Waals surface area contributed by atoms with Crippen LogP contribution in [0.4, 0.5) is 0 Å². The Morgan fingerprint density at radius 2 is 1.94 bits per heavy atom. The number of benzene rings is 2. The molecule has 6 nitrogen and oxygen atoms in total. The molecule has 1 aliphatic heterocycles. The van der Waals surface area contributed by atoms with Gasteiger partial charge in [0.05, 0.1) is 35.6 Å². The SMILES string of the molecule is CCOC(=O)C1=C(C)N=c2s/c(=C\c3ccc(C)c(Br)c3)c(=O)n2[C@H]1c1ccc(OC)cc1. The molecule has 0 spiro atoms. The Kier molecular flexibility index (Phi) is 6.67. The maximum absolute atomic E-state index is 13.6. The Bertz CT molecular complexity index is 1430. The molecule has 0 bridgehead atoms. The molecule has 0 N–H and O–H groups in total. The van der Waals surface area contributed by atoms with Gasteiger partial charge in [0.25, 0.3) is 5.56 Å². The third-order valence-electron chi connectivity index (χ3n) is 5.44. The number of esters is 1. The van der Waals surface area contributed by atoms with Crippen LogP contribution in [-0.2, 0) is 9.53 Å². The van der Waals surface area contributed by atoms with Gasteiger partial charge in [-0.25, -0.2) is 9.79 Å². The summed E-state index contributed by atoms with van der Waals surface area (Å²) >= 11 is 4.85. The van der Waals surface area contributed by atoms with E-state index < -0.39 is 12.0 Å². The first kappa shape index (κ1) is 23.2. The third kappa shape index (κ3) is 4.45. The number of fused-ring (bicyclic) bond motifs is 1. The van der Waals surface area contributed by atoms with E-state index in [2.05, 4.69) is 20.9 Å². The fourth-order valence-corrected chi connectivity index (χ4v) is 5.19. The minimum absolute atomic E-state index is 0.203. The minimum atomic E-state index is -0.641. The van der Waals surface area contributed by atoms with Crippen LogP contribution < -0.4 is 19.6 Å². The summed E-state index contributed by atoms with van der Waals surface area (Å²) in [7, 11) is 1.59. The lowest BCUT2D eigenvalue weighted by Crippen LogP contribution is -2.39. The molecule has 3 aromatic rings. The van der Waals surface area contributed by atoms with E-state index in [0.29, 0.717) is 26.4 Å². The maximum Gasteiger partial charge on any atom is 0.338 e. The van der Waals surface area contributed by atoms with E-state index in [9.17, 15) is 9.59 Å². The second kappa shape index (κ2) is 9.49. The number of thiazole rings is 1. The predicted molar refractivity (Wildman–Crippen MR) is 132 cm³/mol. The van der Waals surface area contributed by atoms with Crippen LogP contribution in [0, 0.1) is 6.92 Å². The maximum atomic E-state index is 13.6. The second-order valence-corrected chi connectivity index (χ2v) is 9.45. The minimum Gasteiger partial charge on any atom is -0.497 e. The van der Waals surface area contributed by atoms with Gasteiger partial charge in [-0.2, -0.15) is 0 Å². The summed E-state index contributed by atoms with van der Waals surface area (Å²) in [5, 5.41) is 0. The lowest BCUT2D eigenvalue weighted by Gasteiger charge is -2.24. The molecule has 1 atom stereocenters. The molecule has 0 amide bonds. The number of aromatic nitrogens is 1. The number of allylic oxidation sites excluding steroid dienone is 1. The van der Waals surface area contributed by atoms with Crippen molar-refractivity contribution in [2.24, 2.45) is 4.99 Å². The van der Waals surface area contributed by atoms with Crippen molar-refractivity contribution in [1.82, 2.24) is 4.57 Å². The molecular formula is C25H23BrN2O4S. The van der Waals surface area contributed by atoms with Crippen molar-refractivity contribution in [1.29, 1.82) is 0 Å². The number of rotatable bonds is 5. The Morgan fingerprint density at radius 3 is 2.58 bits per heavy atom. The first-order chi connectivity index (χ1) is 15.8. The number of nitrogens with zero attached hydrogens (tertiary/aromatic N) is 2. The molecule has 2 heterocycles. The highest BCUT2D eigenvalue weighted by Crippen LogP contribution is 2.31. The molecule has 0 fully saturated rings. The van der Waals surface area contributed by atoms with Crippen LogP contribution in [0.5, 0.6) is 5.75 Å². The zero-order chi connectivity index (χ0) is 23.7. The summed E-state index contributed by atoms with van der Waals surface area (Å²) < 4.78 is 13.7. The Morgan fingerprint density at radius 1 is 1.21 bits per heavy atom. The highest BCUT2D eigenvalue weighted by molar-refractivity contribution is 9.10. The van der Waals surface area contributed by atoms with Crippen molar-refractivity contribution in [3.05, 3.63) is 94.6 Å². The molecule has 0 unspecified atom stereocenters. The largest absolute Gasteiger partial charge is 0.497 e. The first-order valence-corrected chi connectivity index (χ1v) is 12.0. The normalized spacial score (nSPS) is 15.8. The van der Waals surface area contributed by atoms with E-state index in [-0.39, 0.29) is 12.2 Å². The molecule has 0 saturated heterocycles. The zero-order valence-electron chi connectivity index (χ0n) is 18.7. The van der Waals surface area contributed by atoms with E-state index in [4.69, 9.17) is 9.47 Å². The topological polar surface area (TPSA) is 69.9 Å². The fourth-order valence-electron chi connectivity index (χ4n) is 3.74. The van der Waals surface area contributed by atoms with E-state index in [1.165, 1.54) is 11.3 Å². The van der Waals surface area contributed by atoms with Crippen LogP contribution in [0.3, 0.4) is 0 Å². The van der Waals surface area contributed by atoms with E-state index in [1.54, 1.807) is 25.5 Å². The molecule has 170 valence electrons. The van der Waals surface area contributed by atoms with Gasteiger partial charge in [-0.1, -0.05) is 51.5 Å². The van der Waals surface area contributed by atoms with Gasteiger partial charge >= 0.3 is 5.97 Å². The van der Waals surface area contributed by atoms with E-state index >= 15 is 0 Å². The van der Waals surface area contributed by atoms with Crippen molar-refractivity contribution < 1.29 is 14.3 Å². The van der Waals surface area contributed by atoms with Crippen molar-refractivity contribution in [2.45, 2.75) is 26.8 Å². The summed E-state index contributed by atoms with van der Waals surface area (Å²) in [6.07, 6.45) is 1.85. The average molecular weight is 527 g/mol. The standard InChI is InChI=1S/C25H23BrN2O4S/c1-5-32-24(30)21-15(3)27-25-28(22(21)17-8-10-18(31-4)11-9-17)23(29)20(33-25)13-16-7-6-14(2)19(26)12-16/h6-13,22H,5H2,1-4H3/b20-13-/t22-/m0/s1. The highest BCUT2D eigenvalue weighted by Gasteiger charge is 2.33. The summed E-state index contributed by atoms with van der Waals surface area (Å²) in [4.78, 5) is 31.6. The van der Waals surface area contributed by atoms with Gasteiger partial charge in [0.2, 0.25) is 0 Å². The molecule has 0 aliphatic carbocycles. The van der Waals surface area contributed by atoms with Crippen molar-refractivity contribution >= 4 is 39.3 Å². The zero-order valence-corrected chi connectivity index (χ0v) is 21.1. The molecule has 1 aromatic heterocycles. The Hall–Kier alpha value is -2.97.